The topological polar surface area (TPSA) is 46.5 Å². The van der Waals surface area contributed by atoms with E-state index in [1.54, 1.807) is 6.92 Å². The molecule has 0 aromatic rings. The first-order valence-corrected chi connectivity index (χ1v) is 11.3. The summed E-state index contributed by atoms with van der Waals surface area (Å²) < 4.78 is 6.59. The zero-order valence-corrected chi connectivity index (χ0v) is 17.0. The number of carbonyl (C=O) groups is 1. The normalized spacial score (nSPS) is 16.7. The maximum Gasteiger partial charge on any atom is 0.330 e. The van der Waals surface area contributed by atoms with Crippen molar-refractivity contribution >= 4 is 14.3 Å². The number of hydrogen-bond acceptors (Lipinski definition) is 2. The Labute approximate surface area is 138 Å². The standard InChI is InChI=1S/C18H36O3Si/c1-13(2)16(21-22(8,9)18(5,6)7)12-14(3)10-11-15(4)17(19)20/h11,13-14,16H,10,12H2,1-9H3,(H,19,20)/b15-11+/t14-,16-/m0/s1. The molecule has 1 N–H and O–H groups in total. The summed E-state index contributed by atoms with van der Waals surface area (Å²) in [5, 5.41) is 9.13. The lowest BCUT2D eigenvalue weighted by Gasteiger charge is -2.41. The molecule has 130 valence electrons. The number of carboxylic acid groups (broad SMARTS) is 1. The lowest BCUT2D eigenvalue weighted by Crippen LogP contribution is -2.45. The Bertz CT molecular complexity index is 392. The van der Waals surface area contributed by atoms with Crippen LogP contribution in [-0.4, -0.2) is 25.5 Å². The van der Waals surface area contributed by atoms with Crippen LogP contribution in [0.2, 0.25) is 18.1 Å². The summed E-state index contributed by atoms with van der Waals surface area (Å²) in [5.74, 6) is 0.0673. The molecule has 0 aromatic heterocycles. The van der Waals surface area contributed by atoms with Crippen LogP contribution in [0.1, 0.15) is 61.3 Å². The van der Waals surface area contributed by atoms with E-state index in [4.69, 9.17) is 9.53 Å². The zero-order valence-electron chi connectivity index (χ0n) is 16.0. The van der Waals surface area contributed by atoms with Crippen LogP contribution >= 0.6 is 0 Å². The van der Waals surface area contributed by atoms with E-state index < -0.39 is 14.3 Å². The average Bonchev–Trinajstić information content (AvgIpc) is 2.33. The molecular formula is C18H36O3Si. The third-order valence-electron chi connectivity index (χ3n) is 4.79. The number of allylic oxidation sites excluding steroid dienone is 1. The van der Waals surface area contributed by atoms with E-state index in [1.807, 2.05) is 6.08 Å². The van der Waals surface area contributed by atoms with Gasteiger partial charge in [-0.1, -0.05) is 47.6 Å². The second kappa shape index (κ2) is 8.30. The van der Waals surface area contributed by atoms with E-state index >= 15 is 0 Å². The van der Waals surface area contributed by atoms with Crippen molar-refractivity contribution in [2.45, 2.75) is 85.5 Å². The number of carboxylic acids is 1. The molecule has 0 bridgehead atoms. The molecule has 0 fully saturated rings. The molecule has 0 saturated carbocycles. The third-order valence-corrected chi connectivity index (χ3v) is 9.30. The van der Waals surface area contributed by atoms with E-state index in [2.05, 4.69) is 54.6 Å². The lowest BCUT2D eigenvalue weighted by atomic mass is 9.93. The van der Waals surface area contributed by atoms with E-state index in [1.165, 1.54) is 0 Å². The SMILES string of the molecule is C/C(=C\C[C@H](C)C[C@H](O[Si](C)(C)C(C)(C)C)C(C)C)C(=O)O. The Hall–Kier alpha value is -0.613. The highest BCUT2D eigenvalue weighted by molar-refractivity contribution is 6.74. The minimum atomic E-state index is -1.77. The van der Waals surface area contributed by atoms with E-state index in [0.29, 0.717) is 17.4 Å². The second-order valence-electron chi connectivity index (χ2n) is 8.43. The van der Waals surface area contributed by atoms with Gasteiger partial charge in [0.25, 0.3) is 0 Å². The summed E-state index contributed by atoms with van der Waals surface area (Å²) in [5.41, 5.74) is 0.429. The number of aliphatic carboxylic acids is 1. The molecule has 0 radical (unpaired) electrons. The monoisotopic (exact) mass is 328 g/mol. The molecule has 0 aromatic carbocycles. The Kier molecular flexibility index (Phi) is 8.07. The molecule has 22 heavy (non-hydrogen) atoms. The summed E-state index contributed by atoms with van der Waals surface area (Å²) >= 11 is 0. The van der Waals surface area contributed by atoms with Crippen LogP contribution in [-0.2, 0) is 9.22 Å². The summed E-state index contributed by atoms with van der Waals surface area (Å²) in [4.78, 5) is 10.9. The van der Waals surface area contributed by atoms with Crippen molar-refractivity contribution in [2.75, 3.05) is 0 Å². The van der Waals surface area contributed by atoms with Gasteiger partial charge in [-0.15, -0.1) is 0 Å². The molecule has 0 aliphatic carbocycles. The van der Waals surface area contributed by atoms with Gasteiger partial charge < -0.3 is 9.53 Å². The van der Waals surface area contributed by atoms with Gasteiger partial charge in [-0.3, -0.25) is 0 Å². The van der Waals surface area contributed by atoms with Gasteiger partial charge in [0.2, 0.25) is 0 Å². The Morgan fingerprint density at radius 2 is 1.73 bits per heavy atom. The summed E-state index contributed by atoms with van der Waals surface area (Å²) in [6, 6.07) is 0. The molecule has 0 aliphatic rings. The highest BCUT2D eigenvalue weighted by Crippen LogP contribution is 2.39. The lowest BCUT2D eigenvalue weighted by molar-refractivity contribution is -0.132. The van der Waals surface area contributed by atoms with E-state index in [9.17, 15) is 4.79 Å². The van der Waals surface area contributed by atoms with Gasteiger partial charge in [-0.05, 0) is 49.7 Å². The molecule has 4 heteroatoms. The fourth-order valence-electron chi connectivity index (χ4n) is 1.97. The Morgan fingerprint density at radius 1 is 1.23 bits per heavy atom. The maximum absolute atomic E-state index is 10.9. The van der Waals surface area contributed by atoms with E-state index in [0.717, 1.165) is 12.8 Å². The molecule has 0 amide bonds. The maximum atomic E-state index is 10.9. The first-order chi connectivity index (χ1) is 9.78. The molecule has 3 nitrogen and oxygen atoms in total. The van der Waals surface area contributed by atoms with Crippen molar-refractivity contribution in [1.82, 2.24) is 0 Å². The fraction of sp³-hybridized carbons (Fsp3) is 0.833. The van der Waals surface area contributed by atoms with Gasteiger partial charge in [0.05, 0.1) is 0 Å². The zero-order chi connectivity index (χ0) is 17.7. The van der Waals surface area contributed by atoms with Crippen molar-refractivity contribution in [2.24, 2.45) is 11.8 Å². The van der Waals surface area contributed by atoms with Crippen molar-refractivity contribution in [1.29, 1.82) is 0 Å². The van der Waals surface area contributed by atoms with Crippen LogP contribution in [0.15, 0.2) is 11.6 Å². The average molecular weight is 329 g/mol. The molecule has 0 saturated heterocycles. The van der Waals surface area contributed by atoms with Crippen molar-refractivity contribution in [3.63, 3.8) is 0 Å². The summed E-state index contributed by atoms with van der Waals surface area (Å²) in [7, 11) is -1.77. The summed E-state index contributed by atoms with van der Waals surface area (Å²) in [6.45, 7) is 19.6. The van der Waals surface area contributed by atoms with Crippen molar-refractivity contribution in [3.05, 3.63) is 11.6 Å². The molecule has 0 aliphatic heterocycles. The molecular weight excluding hydrogens is 292 g/mol. The first-order valence-electron chi connectivity index (χ1n) is 8.35. The largest absolute Gasteiger partial charge is 0.478 e. The first kappa shape index (κ1) is 21.4. The highest BCUT2D eigenvalue weighted by atomic mass is 28.4. The second-order valence-corrected chi connectivity index (χ2v) is 13.2. The van der Waals surface area contributed by atoms with Crippen LogP contribution in [0, 0.1) is 11.8 Å². The predicted octanol–water partition coefficient (Wildman–Crippen LogP) is 5.48. The van der Waals surface area contributed by atoms with Gasteiger partial charge >= 0.3 is 5.97 Å². The minimum Gasteiger partial charge on any atom is -0.478 e. The summed E-state index contributed by atoms with van der Waals surface area (Å²) in [6.07, 6.45) is 3.85. The fourth-order valence-corrected chi connectivity index (χ4v) is 3.45. The molecule has 0 rings (SSSR count). The minimum absolute atomic E-state index is 0.211. The molecule has 0 heterocycles. The highest BCUT2D eigenvalue weighted by Gasteiger charge is 2.39. The molecule has 0 spiro atoms. The third kappa shape index (κ3) is 7.10. The molecule has 0 unspecified atom stereocenters. The van der Waals surface area contributed by atoms with Crippen LogP contribution in [0.4, 0.5) is 0 Å². The Morgan fingerprint density at radius 3 is 2.09 bits per heavy atom. The Balaban J connectivity index is 4.80. The van der Waals surface area contributed by atoms with E-state index in [-0.39, 0.29) is 11.1 Å². The van der Waals surface area contributed by atoms with Crippen molar-refractivity contribution in [3.8, 4) is 0 Å². The number of rotatable bonds is 8. The smallest absolute Gasteiger partial charge is 0.330 e. The quantitative estimate of drug-likeness (QED) is 0.474. The van der Waals surface area contributed by atoms with Crippen LogP contribution < -0.4 is 0 Å². The number of hydrogen-bond donors (Lipinski definition) is 1. The van der Waals surface area contributed by atoms with Crippen LogP contribution in [0.5, 0.6) is 0 Å². The van der Waals surface area contributed by atoms with Gasteiger partial charge in [0, 0.05) is 11.7 Å². The van der Waals surface area contributed by atoms with Crippen LogP contribution in [0.3, 0.4) is 0 Å². The van der Waals surface area contributed by atoms with Gasteiger partial charge in [-0.25, -0.2) is 4.79 Å². The van der Waals surface area contributed by atoms with Gasteiger partial charge in [-0.2, -0.15) is 0 Å². The molecule has 2 atom stereocenters. The van der Waals surface area contributed by atoms with Crippen LogP contribution in [0.25, 0.3) is 0 Å². The van der Waals surface area contributed by atoms with Gasteiger partial charge in [0.1, 0.15) is 0 Å². The van der Waals surface area contributed by atoms with Gasteiger partial charge in [0.15, 0.2) is 8.32 Å². The predicted molar refractivity (Wildman–Crippen MR) is 96.7 cm³/mol. The van der Waals surface area contributed by atoms with Crippen molar-refractivity contribution < 1.29 is 14.3 Å².